The van der Waals surface area contributed by atoms with E-state index in [1.165, 1.54) is 5.56 Å². The van der Waals surface area contributed by atoms with Crippen molar-refractivity contribution in [3.05, 3.63) is 23.3 Å². The SMILES string of the molecule is Cc1ccc(C(C)(C)C)c2c1OCCO2. The van der Waals surface area contributed by atoms with Gasteiger partial charge in [0.25, 0.3) is 0 Å². The van der Waals surface area contributed by atoms with Gasteiger partial charge in [0.1, 0.15) is 13.2 Å². The summed E-state index contributed by atoms with van der Waals surface area (Å²) in [4.78, 5) is 0. The molecule has 0 amide bonds. The van der Waals surface area contributed by atoms with E-state index in [1.54, 1.807) is 0 Å². The highest BCUT2D eigenvalue weighted by Gasteiger charge is 2.25. The minimum Gasteiger partial charge on any atom is -0.486 e. The Kier molecular flexibility index (Phi) is 2.37. The van der Waals surface area contributed by atoms with Crippen molar-refractivity contribution in [2.75, 3.05) is 13.2 Å². The molecule has 0 aliphatic carbocycles. The van der Waals surface area contributed by atoms with E-state index < -0.39 is 0 Å². The van der Waals surface area contributed by atoms with Gasteiger partial charge in [-0.2, -0.15) is 0 Å². The van der Waals surface area contributed by atoms with Gasteiger partial charge in [-0.1, -0.05) is 32.9 Å². The number of ether oxygens (including phenoxy) is 2. The largest absolute Gasteiger partial charge is 0.486 e. The highest BCUT2D eigenvalue weighted by atomic mass is 16.6. The average molecular weight is 206 g/mol. The van der Waals surface area contributed by atoms with E-state index in [-0.39, 0.29) is 5.41 Å². The van der Waals surface area contributed by atoms with Gasteiger partial charge >= 0.3 is 0 Å². The Labute approximate surface area is 91.2 Å². The van der Waals surface area contributed by atoms with Crippen LogP contribution < -0.4 is 9.47 Å². The highest BCUT2D eigenvalue weighted by Crippen LogP contribution is 2.41. The van der Waals surface area contributed by atoms with E-state index in [1.807, 2.05) is 0 Å². The summed E-state index contributed by atoms with van der Waals surface area (Å²) in [5.74, 6) is 1.86. The van der Waals surface area contributed by atoms with E-state index in [0.29, 0.717) is 13.2 Å². The van der Waals surface area contributed by atoms with E-state index in [0.717, 1.165) is 17.1 Å². The molecule has 1 heterocycles. The Morgan fingerprint density at radius 1 is 1.00 bits per heavy atom. The second-order valence-corrected chi connectivity index (χ2v) is 5.04. The molecule has 82 valence electrons. The summed E-state index contributed by atoms with van der Waals surface area (Å²) in [5, 5.41) is 0. The van der Waals surface area contributed by atoms with Crippen LogP contribution in [0, 0.1) is 6.92 Å². The molecule has 1 aromatic carbocycles. The molecule has 2 nitrogen and oxygen atoms in total. The monoisotopic (exact) mass is 206 g/mol. The molecular weight excluding hydrogens is 188 g/mol. The Morgan fingerprint density at radius 2 is 1.60 bits per heavy atom. The molecule has 0 radical (unpaired) electrons. The van der Waals surface area contributed by atoms with Crippen LogP contribution >= 0.6 is 0 Å². The van der Waals surface area contributed by atoms with Crippen LogP contribution in [0.15, 0.2) is 12.1 Å². The maximum absolute atomic E-state index is 5.74. The van der Waals surface area contributed by atoms with Crippen molar-refractivity contribution >= 4 is 0 Å². The van der Waals surface area contributed by atoms with Crippen molar-refractivity contribution in [1.29, 1.82) is 0 Å². The number of rotatable bonds is 0. The Balaban J connectivity index is 2.58. The Hall–Kier alpha value is -1.18. The predicted molar refractivity (Wildman–Crippen MR) is 60.9 cm³/mol. The van der Waals surface area contributed by atoms with E-state index in [4.69, 9.17) is 9.47 Å². The lowest BCUT2D eigenvalue weighted by molar-refractivity contribution is 0.167. The van der Waals surface area contributed by atoms with Crippen LogP contribution in [0.1, 0.15) is 31.9 Å². The van der Waals surface area contributed by atoms with E-state index in [2.05, 4.69) is 39.8 Å². The maximum Gasteiger partial charge on any atom is 0.165 e. The maximum atomic E-state index is 5.74. The van der Waals surface area contributed by atoms with E-state index in [9.17, 15) is 0 Å². The van der Waals surface area contributed by atoms with E-state index >= 15 is 0 Å². The number of hydrogen-bond acceptors (Lipinski definition) is 2. The van der Waals surface area contributed by atoms with Gasteiger partial charge in [0.2, 0.25) is 0 Å². The lowest BCUT2D eigenvalue weighted by Gasteiger charge is -2.28. The summed E-state index contributed by atoms with van der Waals surface area (Å²) in [6, 6.07) is 4.25. The van der Waals surface area contributed by atoms with Crippen molar-refractivity contribution in [3.8, 4) is 11.5 Å². The minimum atomic E-state index is 0.0957. The number of fused-ring (bicyclic) bond motifs is 1. The van der Waals surface area contributed by atoms with Gasteiger partial charge in [0, 0.05) is 5.56 Å². The fourth-order valence-electron chi connectivity index (χ4n) is 1.86. The van der Waals surface area contributed by atoms with Gasteiger partial charge in [0.15, 0.2) is 11.5 Å². The van der Waals surface area contributed by atoms with Gasteiger partial charge < -0.3 is 9.47 Å². The van der Waals surface area contributed by atoms with Gasteiger partial charge in [-0.15, -0.1) is 0 Å². The zero-order valence-electron chi connectivity index (χ0n) is 9.89. The predicted octanol–water partition coefficient (Wildman–Crippen LogP) is 3.06. The summed E-state index contributed by atoms with van der Waals surface area (Å²) in [6.45, 7) is 9.93. The van der Waals surface area contributed by atoms with Crippen molar-refractivity contribution < 1.29 is 9.47 Å². The Bertz CT molecular complexity index is 375. The summed E-state index contributed by atoms with van der Waals surface area (Å²) in [5.41, 5.74) is 2.47. The average Bonchev–Trinajstić information content (AvgIpc) is 2.17. The van der Waals surface area contributed by atoms with Gasteiger partial charge in [-0.05, 0) is 17.9 Å². The van der Waals surface area contributed by atoms with Crippen molar-refractivity contribution in [1.82, 2.24) is 0 Å². The first-order valence-electron chi connectivity index (χ1n) is 5.40. The van der Waals surface area contributed by atoms with Crippen LogP contribution in [0.25, 0.3) is 0 Å². The van der Waals surface area contributed by atoms with Crippen LogP contribution in [0.4, 0.5) is 0 Å². The Morgan fingerprint density at radius 3 is 2.20 bits per heavy atom. The fraction of sp³-hybridized carbons (Fsp3) is 0.538. The van der Waals surface area contributed by atoms with Gasteiger partial charge in [0.05, 0.1) is 0 Å². The zero-order valence-corrected chi connectivity index (χ0v) is 9.89. The molecule has 1 aromatic rings. The van der Waals surface area contributed by atoms with Crippen LogP contribution in [0.3, 0.4) is 0 Å². The quantitative estimate of drug-likeness (QED) is 0.649. The minimum absolute atomic E-state index is 0.0957. The van der Waals surface area contributed by atoms with Crippen LogP contribution in [-0.4, -0.2) is 13.2 Å². The highest BCUT2D eigenvalue weighted by molar-refractivity contribution is 5.54. The molecule has 1 aliphatic heterocycles. The fourth-order valence-corrected chi connectivity index (χ4v) is 1.86. The molecule has 0 bridgehead atoms. The molecule has 0 saturated heterocycles. The topological polar surface area (TPSA) is 18.5 Å². The second kappa shape index (κ2) is 3.44. The van der Waals surface area contributed by atoms with Crippen molar-refractivity contribution in [3.63, 3.8) is 0 Å². The molecule has 1 aliphatic rings. The molecule has 15 heavy (non-hydrogen) atoms. The molecule has 2 heteroatoms. The van der Waals surface area contributed by atoms with Crippen LogP contribution in [0.5, 0.6) is 11.5 Å². The zero-order chi connectivity index (χ0) is 11.1. The van der Waals surface area contributed by atoms with Crippen LogP contribution in [-0.2, 0) is 5.41 Å². The normalized spacial score (nSPS) is 15.2. The summed E-state index contributed by atoms with van der Waals surface area (Å²) in [6.07, 6.45) is 0. The lowest BCUT2D eigenvalue weighted by atomic mass is 9.85. The first-order chi connectivity index (χ1) is 7.00. The number of hydrogen-bond donors (Lipinski definition) is 0. The molecule has 0 fully saturated rings. The smallest absolute Gasteiger partial charge is 0.165 e. The molecule has 0 aromatic heterocycles. The molecule has 0 unspecified atom stereocenters. The third-order valence-corrected chi connectivity index (χ3v) is 2.69. The molecule has 0 spiro atoms. The molecular formula is C13H18O2. The molecule has 0 saturated carbocycles. The van der Waals surface area contributed by atoms with Crippen LogP contribution in [0.2, 0.25) is 0 Å². The second-order valence-electron chi connectivity index (χ2n) is 5.04. The standard InChI is InChI=1S/C13H18O2/c1-9-5-6-10(13(2,3)4)12-11(9)14-7-8-15-12/h5-6H,7-8H2,1-4H3. The van der Waals surface area contributed by atoms with Crippen molar-refractivity contribution in [2.24, 2.45) is 0 Å². The third kappa shape index (κ3) is 1.81. The van der Waals surface area contributed by atoms with Crippen molar-refractivity contribution in [2.45, 2.75) is 33.1 Å². The molecule has 2 rings (SSSR count). The summed E-state index contributed by atoms with van der Waals surface area (Å²) >= 11 is 0. The summed E-state index contributed by atoms with van der Waals surface area (Å²) in [7, 11) is 0. The first kappa shape index (κ1) is 10.3. The van der Waals surface area contributed by atoms with Gasteiger partial charge in [-0.25, -0.2) is 0 Å². The third-order valence-electron chi connectivity index (χ3n) is 2.69. The first-order valence-corrected chi connectivity index (χ1v) is 5.40. The number of benzene rings is 1. The molecule has 0 N–H and O–H groups in total. The summed E-state index contributed by atoms with van der Waals surface area (Å²) < 4.78 is 11.4. The lowest BCUT2D eigenvalue weighted by Crippen LogP contribution is -2.21. The van der Waals surface area contributed by atoms with Gasteiger partial charge in [-0.3, -0.25) is 0 Å². The molecule has 0 atom stereocenters. The number of aryl methyl sites for hydroxylation is 1.